The van der Waals surface area contributed by atoms with Gasteiger partial charge in [-0.2, -0.15) is 4.31 Å². The van der Waals surface area contributed by atoms with Crippen LogP contribution in [0.3, 0.4) is 0 Å². The number of nitrogens with one attached hydrogen (secondary N) is 1. The van der Waals surface area contributed by atoms with Gasteiger partial charge < -0.3 is 9.73 Å². The summed E-state index contributed by atoms with van der Waals surface area (Å²) in [5.74, 6) is 0.624. The van der Waals surface area contributed by atoms with Crippen molar-refractivity contribution < 1.29 is 12.8 Å². The first kappa shape index (κ1) is 15.2. The Balaban J connectivity index is 2.25. The van der Waals surface area contributed by atoms with Crippen molar-refractivity contribution in [3.8, 4) is 0 Å². The molecule has 2 aromatic rings. The molecule has 0 radical (unpaired) electrons. The molecule has 20 heavy (non-hydrogen) atoms. The molecule has 0 bridgehead atoms. The summed E-state index contributed by atoms with van der Waals surface area (Å²) in [5, 5.41) is 3.03. The lowest BCUT2D eigenvalue weighted by Crippen LogP contribution is -2.26. The van der Waals surface area contributed by atoms with Gasteiger partial charge in [0.15, 0.2) is 0 Å². The number of furan rings is 1. The van der Waals surface area contributed by atoms with Gasteiger partial charge in [0.05, 0.1) is 17.7 Å². The van der Waals surface area contributed by atoms with Crippen molar-refractivity contribution in [1.29, 1.82) is 0 Å². The van der Waals surface area contributed by atoms with Gasteiger partial charge in [-0.3, -0.25) is 0 Å². The predicted octanol–water partition coefficient (Wildman–Crippen LogP) is 2.19. The van der Waals surface area contributed by atoms with Crippen LogP contribution in [0.2, 0.25) is 0 Å². The van der Waals surface area contributed by atoms with Gasteiger partial charge in [-0.1, -0.05) is 0 Å². The minimum Gasteiger partial charge on any atom is -0.468 e. The maximum atomic E-state index is 12.6. The van der Waals surface area contributed by atoms with E-state index in [0.717, 1.165) is 9.75 Å². The Morgan fingerprint density at radius 1 is 1.45 bits per heavy atom. The van der Waals surface area contributed by atoms with Gasteiger partial charge in [0.25, 0.3) is 0 Å². The summed E-state index contributed by atoms with van der Waals surface area (Å²) in [6.45, 7) is 2.73. The zero-order chi connectivity index (χ0) is 14.8. The lowest BCUT2D eigenvalue weighted by molar-refractivity contribution is 0.406. The van der Waals surface area contributed by atoms with Gasteiger partial charge in [0.2, 0.25) is 10.0 Å². The molecule has 2 rings (SSSR count). The highest BCUT2D eigenvalue weighted by atomic mass is 32.2. The molecular weight excluding hydrogens is 296 g/mol. The molecule has 5 nitrogen and oxygen atoms in total. The molecule has 0 aromatic carbocycles. The van der Waals surface area contributed by atoms with Crippen LogP contribution in [-0.2, 0) is 23.1 Å². The molecule has 1 N–H and O–H groups in total. The Labute approximate surface area is 123 Å². The van der Waals surface area contributed by atoms with Crippen LogP contribution in [0.1, 0.15) is 15.5 Å². The monoisotopic (exact) mass is 314 g/mol. The van der Waals surface area contributed by atoms with Crippen molar-refractivity contribution in [2.45, 2.75) is 24.9 Å². The number of rotatable bonds is 6. The summed E-state index contributed by atoms with van der Waals surface area (Å²) in [7, 11) is -0.0855. The van der Waals surface area contributed by atoms with E-state index in [4.69, 9.17) is 4.42 Å². The SMILES string of the molecule is CNCc1cc(S(=O)(=O)N(C)Cc2ccco2)c(C)s1. The van der Waals surface area contributed by atoms with Gasteiger partial charge in [-0.15, -0.1) is 11.3 Å². The van der Waals surface area contributed by atoms with Crippen molar-refractivity contribution in [3.05, 3.63) is 40.0 Å². The molecule has 0 saturated carbocycles. The molecule has 0 spiro atoms. The first-order valence-corrected chi connectivity index (χ1v) is 8.43. The number of thiophene rings is 1. The van der Waals surface area contributed by atoms with Crippen molar-refractivity contribution in [2.75, 3.05) is 14.1 Å². The largest absolute Gasteiger partial charge is 0.468 e. The van der Waals surface area contributed by atoms with Crippen LogP contribution < -0.4 is 5.32 Å². The Morgan fingerprint density at radius 3 is 2.80 bits per heavy atom. The standard InChI is InChI=1S/C13H18N2O3S2/c1-10-13(7-12(19-10)8-14-2)20(16,17)15(3)9-11-5-4-6-18-11/h4-7,14H,8-9H2,1-3H3. The smallest absolute Gasteiger partial charge is 0.244 e. The lowest BCUT2D eigenvalue weighted by atomic mass is 10.4. The number of sulfonamides is 1. The normalized spacial score (nSPS) is 12.2. The minimum atomic E-state index is -3.49. The second-order valence-corrected chi connectivity index (χ2v) is 7.86. The van der Waals surface area contributed by atoms with Crippen LogP contribution in [0.25, 0.3) is 0 Å². The Bertz CT molecular complexity index is 660. The third kappa shape index (κ3) is 3.12. The quantitative estimate of drug-likeness (QED) is 0.888. The van der Waals surface area contributed by atoms with Gasteiger partial charge in [0.1, 0.15) is 5.76 Å². The highest BCUT2D eigenvalue weighted by Gasteiger charge is 2.25. The van der Waals surface area contributed by atoms with E-state index in [2.05, 4.69) is 5.32 Å². The Hall–Kier alpha value is -1.15. The highest BCUT2D eigenvalue weighted by molar-refractivity contribution is 7.89. The first-order valence-electron chi connectivity index (χ1n) is 6.17. The van der Waals surface area contributed by atoms with Crippen LogP contribution in [0.4, 0.5) is 0 Å². The molecule has 0 aliphatic carbocycles. The Morgan fingerprint density at radius 2 is 2.20 bits per heavy atom. The van der Waals surface area contributed by atoms with E-state index < -0.39 is 10.0 Å². The molecule has 0 atom stereocenters. The molecule has 7 heteroatoms. The summed E-state index contributed by atoms with van der Waals surface area (Å²) >= 11 is 1.50. The van der Waals surface area contributed by atoms with Crippen molar-refractivity contribution in [2.24, 2.45) is 0 Å². The molecule has 0 saturated heterocycles. The topological polar surface area (TPSA) is 62.6 Å². The molecule has 0 amide bonds. The van der Waals surface area contributed by atoms with Crippen molar-refractivity contribution >= 4 is 21.4 Å². The molecule has 0 fully saturated rings. The highest BCUT2D eigenvalue weighted by Crippen LogP contribution is 2.28. The van der Waals surface area contributed by atoms with E-state index in [0.29, 0.717) is 17.2 Å². The van der Waals surface area contributed by atoms with Crippen LogP contribution in [-0.4, -0.2) is 26.8 Å². The zero-order valence-corrected chi connectivity index (χ0v) is 13.3. The summed E-state index contributed by atoms with van der Waals surface area (Å²) in [6.07, 6.45) is 1.54. The molecular formula is C13H18N2O3S2. The van der Waals surface area contributed by atoms with E-state index in [1.165, 1.54) is 21.9 Å². The number of hydrogen-bond donors (Lipinski definition) is 1. The van der Waals surface area contributed by atoms with E-state index in [1.807, 2.05) is 14.0 Å². The van der Waals surface area contributed by atoms with E-state index in [-0.39, 0.29) is 6.54 Å². The number of aryl methyl sites for hydroxylation is 1. The van der Waals surface area contributed by atoms with Gasteiger partial charge >= 0.3 is 0 Å². The van der Waals surface area contributed by atoms with Crippen molar-refractivity contribution in [1.82, 2.24) is 9.62 Å². The third-order valence-electron chi connectivity index (χ3n) is 2.92. The Kier molecular flexibility index (Phi) is 4.64. The van der Waals surface area contributed by atoms with Crippen molar-refractivity contribution in [3.63, 3.8) is 0 Å². The average molecular weight is 314 g/mol. The van der Waals surface area contributed by atoms with E-state index in [9.17, 15) is 8.42 Å². The fraction of sp³-hybridized carbons (Fsp3) is 0.385. The third-order valence-corrected chi connectivity index (χ3v) is 6.03. The fourth-order valence-electron chi connectivity index (χ4n) is 1.92. The number of nitrogens with zero attached hydrogens (tertiary/aromatic N) is 1. The van der Waals surface area contributed by atoms with Gasteiger partial charge in [0, 0.05) is 23.3 Å². The first-order chi connectivity index (χ1) is 9.45. The molecule has 110 valence electrons. The summed E-state index contributed by atoms with van der Waals surface area (Å²) in [6, 6.07) is 5.25. The molecule has 2 heterocycles. The molecule has 0 aliphatic heterocycles. The summed E-state index contributed by atoms with van der Waals surface area (Å²) < 4.78 is 31.6. The van der Waals surface area contributed by atoms with Crippen LogP contribution in [0.5, 0.6) is 0 Å². The maximum absolute atomic E-state index is 12.6. The van der Waals surface area contributed by atoms with E-state index in [1.54, 1.807) is 25.2 Å². The fourth-order valence-corrected chi connectivity index (χ4v) is 4.67. The van der Waals surface area contributed by atoms with Crippen LogP contribution in [0.15, 0.2) is 33.8 Å². The molecule has 0 aliphatic rings. The minimum absolute atomic E-state index is 0.228. The predicted molar refractivity (Wildman–Crippen MR) is 79.2 cm³/mol. The van der Waals surface area contributed by atoms with Gasteiger partial charge in [-0.05, 0) is 32.2 Å². The second kappa shape index (κ2) is 6.09. The molecule has 0 unspecified atom stereocenters. The lowest BCUT2D eigenvalue weighted by Gasteiger charge is -2.15. The van der Waals surface area contributed by atoms with Crippen LogP contribution in [0, 0.1) is 6.92 Å². The molecule has 2 aromatic heterocycles. The van der Waals surface area contributed by atoms with E-state index >= 15 is 0 Å². The zero-order valence-electron chi connectivity index (χ0n) is 11.7. The van der Waals surface area contributed by atoms with Crippen LogP contribution >= 0.6 is 11.3 Å². The summed E-state index contributed by atoms with van der Waals surface area (Å²) in [5.41, 5.74) is 0. The second-order valence-electron chi connectivity index (χ2n) is 4.50. The number of hydrogen-bond acceptors (Lipinski definition) is 5. The average Bonchev–Trinajstić information content (AvgIpc) is 2.99. The maximum Gasteiger partial charge on any atom is 0.244 e. The van der Waals surface area contributed by atoms with Gasteiger partial charge in [-0.25, -0.2) is 8.42 Å². The summed E-state index contributed by atoms with van der Waals surface area (Å²) in [4.78, 5) is 2.19.